The first-order chi connectivity index (χ1) is 12.7. The number of hydrogen-bond acceptors (Lipinski definition) is 3. The van der Waals surface area contributed by atoms with Crippen molar-refractivity contribution in [3.63, 3.8) is 0 Å². The number of nitriles is 1. The number of carbonyl (C=O) groups excluding carboxylic acids is 1. The molecule has 26 heavy (non-hydrogen) atoms. The van der Waals surface area contributed by atoms with E-state index in [2.05, 4.69) is 28.9 Å². The molecule has 0 fully saturated rings. The minimum Gasteiger partial charge on any atom is -0.383 e. The molecule has 1 aromatic heterocycles. The molecule has 0 radical (unpaired) electrons. The van der Waals surface area contributed by atoms with E-state index in [1.54, 1.807) is 13.2 Å². The van der Waals surface area contributed by atoms with Crippen molar-refractivity contribution in [2.45, 2.75) is 13.5 Å². The minimum absolute atomic E-state index is 0.0830. The lowest BCUT2D eigenvalue weighted by atomic mass is 10.1. The van der Waals surface area contributed by atoms with Crippen LogP contribution in [0, 0.1) is 11.3 Å². The number of aryl methyl sites for hydroxylation is 1. The van der Waals surface area contributed by atoms with Crippen LogP contribution in [-0.4, -0.2) is 30.7 Å². The number of amides is 1. The number of ether oxygens (including phenoxy) is 1. The predicted octanol–water partition coefficient (Wildman–Crippen LogP) is 3.48. The predicted molar refractivity (Wildman–Crippen MR) is 104 cm³/mol. The van der Waals surface area contributed by atoms with E-state index >= 15 is 0 Å². The van der Waals surface area contributed by atoms with Crippen LogP contribution in [0.5, 0.6) is 0 Å². The van der Waals surface area contributed by atoms with Crippen molar-refractivity contribution < 1.29 is 9.53 Å². The number of carbonyl (C=O) groups is 1. The Morgan fingerprint density at radius 1 is 1.23 bits per heavy atom. The summed E-state index contributed by atoms with van der Waals surface area (Å²) in [5, 5.41) is 14.3. The smallest absolute Gasteiger partial charge is 0.262 e. The van der Waals surface area contributed by atoms with E-state index in [1.165, 1.54) is 10.9 Å². The molecule has 0 bridgehead atoms. The van der Waals surface area contributed by atoms with Gasteiger partial charge in [0.05, 0.1) is 6.61 Å². The fourth-order valence-electron chi connectivity index (χ4n) is 3.18. The highest BCUT2D eigenvalue weighted by atomic mass is 16.5. The molecule has 0 spiro atoms. The largest absolute Gasteiger partial charge is 0.383 e. The number of para-hydroxylation sites is 1. The van der Waals surface area contributed by atoms with Gasteiger partial charge in [-0.3, -0.25) is 4.79 Å². The summed E-state index contributed by atoms with van der Waals surface area (Å²) in [5.41, 5.74) is 3.24. The lowest BCUT2D eigenvalue weighted by Crippen LogP contribution is -2.27. The Balaban J connectivity index is 2.02. The number of nitrogens with zero attached hydrogens (tertiary/aromatic N) is 2. The lowest BCUT2D eigenvalue weighted by molar-refractivity contribution is -0.117. The zero-order valence-electron chi connectivity index (χ0n) is 15.0. The third-order valence-electron chi connectivity index (χ3n) is 4.38. The topological polar surface area (TPSA) is 67.0 Å². The van der Waals surface area contributed by atoms with E-state index in [0.29, 0.717) is 13.2 Å². The maximum Gasteiger partial charge on any atom is 0.262 e. The molecule has 0 atom stereocenters. The molecular formula is C21H21N3O2. The number of aromatic nitrogens is 1. The highest BCUT2D eigenvalue weighted by Crippen LogP contribution is 2.30. The zero-order chi connectivity index (χ0) is 18.5. The molecular weight excluding hydrogens is 326 g/mol. The Labute approximate surface area is 152 Å². The van der Waals surface area contributed by atoms with Crippen LogP contribution >= 0.6 is 0 Å². The average Bonchev–Trinajstić information content (AvgIpc) is 2.99. The Morgan fingerprint density at radius 3 is 2.73 bits per heavy atom. The molecule has 3 aromatic rings. The van der Waals surface area contributed by atoms with Gasteiger partial charge in [-0.05, 0) is 36.8 Å². The second-order valence-electron chi connectivity index (χ2n) is 5.96. The molecule has 1 amide bonds. The summed E-state index contributed by atoms with van der Waals surface area (Å²) in [6.07, 6.45) is 1.62. The Kier molecular flexibility index (Phi) is 5.35. The third kappa shape index (κ3) is 3.32. The molecule has 1 N–H and O–H groups in total. The molecule has 5 nitrogen and oxygen atoms in total. The Hall–Kier alpha value is -3.10. The van der Waals surface area contributed by atoms with Gasteiger partial charge in [0.2, 0.25) is 0 Å². The van der Waals surface area contributed by atoms with Gasteiger partial charge in [0, 0.05) is 42.0 Å². The van der Waals surface area contributed by atoms with Crippen LogP contribution in [0.25, 0.3) is 27.9 Å². The van der Waals surface area contributed by atoms with Crippen molar-refractivity contribution in [3.8, 4) is 6.07 Å². The van der Waals surface area contributed by atoms with E-state index < -0.39 is 0 Å². The molecule has 0 saturated heterocycles. The van der Waals surface area contributed by atoms with Gasteiger partial charge in [0.1, 0.15) is 11.6 Å². The highest BCUT2D eigenvalue weighted by Gasteiger charge is 2.11. The maximum absolute atomic E-state index is 12.1. The molecule has 0 unspecified atom stereocenters. The van der Waals surface area contributed by atoms with Crippen molar-refractivity contribution in [1.82, 2.24) is 9.88 Å². The Morgan fingerprint density at radius 2 is 2.00 bits per heavy atom. The molecule has 5 heteroatoms. The zero-order valence-corrected chi connectivity index (χ0v) is 15.0. The molecule has 0 saturated carbocycles. The van der Waals surface area contributed by atoms with Gasteiger partial charge in [0.25, 0.3) is 5.91 Å². The van der Waals surface area contributed by atoms with Gasteiger partial charge >= 0.3 is 0 Å². The quantitative estimate of drug-likeness (QED) is 0.422. The number of hydrogen-bond donors (Lipinski definition) is 1. The standard InChI is InChI=1S/C21H21N3O2/c1-3-24-19-7-5-4-6-17(19)18-13-15(8-9-20(18)24)12-16(14-22)21(25)23-10-11-26-2/h4-9,12-13H,3,10-11H2,1-2H3,(H,23,25)/b16-12+. The summed E-state index contributed by atoms with van der Waals surface area (Å²) in [4.78, 5) is 12.1. The first-order valence-electron chi connectivity index (χ1n) is 8.59. The van der Waals surface area contributed by atoms with E-state index in [-0.39, 0.29) is 11.5 Å². The first kappa shape index (κ1) is 17.7. The van der Waals surface area contributed by atoms with E-state index in [0.717, 1.165) is 23.0 Å². The molecule has 1 heterocycles. The van der Waals surface area contributed by atoms with Crippen molar-refractivity contribution in [1.29, 1.82) is 5.26 Å². The molecule has 0 aliphatic heterocycles. The van der Waals surface area contributed by atoms with Gasteiger partial charge in [-0.2, -0.15) is 5.26 Å². The van der Waals surface area contributed by atoms with Crippen molar-refractivity contribution >= 4 is 33.8 Å². The number of fused-ring (bicyclic) bond motifs is 3. The lowest BCUT2D eigenvalue weighted by Gasteiger charge is -2.04. The van der Waals surface area contributed by atoms with Crippen molar-refractivity contribution in [2.75, 3.05) is 20.3 Å². The normalized spacial score (nSPS) is 11.7. The average molecular weight is 347 g/mol. The number of rotatable bonds is 6. The van der Waals surface area contributed by atoms with Crippen LogP contribution in [0.4, 0.5) is 0 Å². The Bertz CT molecular complexity index is 1020. The highest BCUT2D eigenvalue weighted by molar-refractivity contribution is 6.09. The first-order valence-corrected chi connectivity index (χ1v) is 8.59. The van der Waals surface area contributed by atoms with E-state index in [1.807, 2.05) is 36.4 Å². The summed E-state index contributed by atoms with van der Waals surface area (Å²) >= 11 is 0. The fourth-order valence-corrected chi connectivity index (χ4v) is 3.18. The monoisotopic (exact) mass is 347 g/mol. The van der Waals surface area contributed by atoms with Crippen LogP contribution in [0.3, 0.4) is 0 Å². The van der Waals surface area contributed by atoms with Gasteiger partial charge < -0.3 is 14.6 Å². The number of nitrogens with one attached hydrogen (secondary N) is 1. The molecule has 132 valence electrons. The van der Waals surface area contributed by atoms with E-state index in [4.69, 9.17) is 4.74 Å². The fraction of sp³-hybridized carbons (Fsp3) is 0.238. The minimum atomic E-state index is -0.388. The van der Waals surface area contributed by atoms with Crippen LogP contribution in [0.1, 0.15) is 12.5 Å². The second kappa shape index (κ2) is 7.85. The third-order valence-corrected chi connectivity index (χ3v) is 4.38. The van der Waals surface area contributed by atoms with Crippen LogP contribution in [0.15, 0.2) is 48.0 Å². The van der Waals surface area contributed by atoms with Gasteiger partial charge in [-0.1, -0.05) is 24.3 Å². The van der Waals surface area contributed by atoms with E-state index in [9.17, 15) is 10.1 Å². The second-order valence-corrected chi connectivity index (χ2v) is 5.96. The maximum atomic E-state index is 12.1. The summed E-state index contributed by atoms with van der Waals surface area (Å²) in [6.45, 7) is 3.78. The molecule has 2 aromatic carbocycles. The van der Waals surface area contributed by atoms with Crippen LogP contribution in [-0.2, 0) is 16.1 Å². The summed E-state index contributed by atoms with van der Waals surface area (Å²) in [6, 6.07) is 16.3. The SMILES string of the molecule is CCn1c2ccccc2c2cc(/C=C(\C#N)C(=O)NCCOC)ccc21. The van der Waals surface area contributed by atoms with Crippen LogP contribution < -0.4 is 5.32 Å². The summed E-state index contributed by atoms with van der Waals surface area (Å²) in [5.74, 6) is -0.388. The van der Waals surface area contributed by atoms with Gasteiger partial charge in [-0.25, -0.2) is 0 Å². The van der Waals surface area contributed by atoms with Crippen molar-refractivity contribution in [2.24, 2.45) is 0 Å². The molecule has 3 rings (SSSR count). The van der Waals surface area contributed by atoms with Gasteiger partial charge in [0.15, 0.2) is 0 Å². The summed E-state index contributed by atoms with van der Waals surface area (Å²) < 4.78 is 7.17. The number of methoxy groups -OCH3 is 1. The van der Waals surface area contributed by atoms with Gasteiger partial charge in [-0.15, -0.1) is 0 Å². The summed E-state index contributed by atoms with van der Waals surface area (Å²) in [7, 11) is 1.56. The molecule has 0 aliphatic carbocycles. The number of benzene rings is 2. The van der Waals surface area contributed by atoms with Crippen LogP contribution in [0.2, 0.25) is 0 Å². The molecule has 0 aliphatic rings. The van der Waals surface area contributed by atoms with Crippen molar-refractivity contribution in [3.05, 3.63) is 53.6 Å².